The van der Waals surface area contributed by atoms with Crippen LogP contribution in [-0.2, 0) is 21.4 Å². The van der Waals surface area contributed by atoms with Crippen molar-refractivity contribution in [1.29, 1.82) is 0 Å². The molecular formula is C20H26N2O4S. The number of aryl methyl sites for hydroxylation is 1. The molecule has 0 aromatic heterocycles. The third-order valence-corrected chi connectivity index (χ3v) is 5.65. The Morgan fingerprint density at radius 1 is 1.15 bits per heavy atom. The zero-order valence-corrected chi connectivity index (χ0v) is 16.7. The smallest absolute Gasteiger partial charge is 0.258 e. The van der Waals surface area contributed by atoms with E-state index in [0.717, 1.165) is 11.1 Å². The van der Waals surface area contributed by atoms with E-state index in [1.165, 1.54) is 12.1 Å². The topological polar surface area (TPSA) is 84.5 Å². The van der Waals surface area contributed by atoms with Crippen LogP contribution in [0.3, 0.4) is 0 Å². The second-order valence-electron chi connectivity index (χ2n) is 6.46. The van der Waals surface area contributed by atoms with E-state index in [1.807, 2.05) is 45.0 Å². The summed E-state index contributed by atoms with van der Waals surface area (Å²) in [6.07, 6.45) is 0.706. The summed E-state index contributed by atoms with van der Waals surface area (Å²) >= 11 is 0. The van der Waals surface area contributed by atoms with Gasteiger partial charge in [-0.3, -0.25) is 4.79 Å². The third kappa shape index (κ3) is 6.69. The minimum absolute atomic E-state index is 0.136. The molecule has 0 fully saturated rings. The molecule has 0 saturated heterocycles. The van der Waals surface area contributed by atoms with Crippen LogP contribution >= 0.6 is 0 Å². The molecule has 2 N–H and O–H groups in total. The van der Waals surface area contributed by atoms with Crippen molar-refractivity contribution in [3.63, 3.8) is 0 Å². The monoisotopic (exact) mass is 390 g/mol. The third-order valence-electron chi connectivity index (χ3n) is 4.04. The summed E-state index contributed by atoms with van der Waals surface area (Å²) in [4.78, 5) is 12.1. The van der Waals surface area contributed by atoms with Crippen LogP contribution in [0.25, 0.3) is 0 Å². The maximum Gasteiger partial charge on any atom is 0.258 e. The highest BCUT2D eigenvalue weighted by molar-refractivity contribution is 7.89. The van der Waals surface area contributed by atoms with Crippen LogP contribution in [0.2, 0.25) is 0 Å². The number of sulfonamides is 1. The fourth-order valence-corrected chi connectivity index (χ4v) is 3.68. The lowest BCUT2D eigenvalue weighted by Crippen LogP contribution is -2.32. The van der Waals surface area contributed by atoms with Crippen LogP contribution in [0.15, 0.2) is 53.4 Å². The Bertz CT molecular complexity index is 864. The van der Waals surface area contributed by atoms with Gasteiger partial charge in [-0.15, -0.1) is 0 Å². The Balaban J connectivity index is 1.84. The van der Waals surface area contributed by atoms with Gasteiger partial charge in [-0.1, -0.05) is 36.8 Å². The van der Waals surface area contributed by atoms with Crippen molar-refractivity contribution >= 4 is 15.9 Å². The van der Waals surface area contributed by atoms with Crippen LogP contribution in [0.1, 0.15) is 31.4 Å². The fraction of sp³-hybridized carbons (Fsp3) is 0.350. The van der Waals surface area contributed by atoms with Crippen LogP contribution in [0.4, 0.5) is 0 Å². The molecule has 27 heavy (non-hydrogen) atoms. The van der Waals surface area contributed by atoms with Crippen molar-refractivity contribution in [3.05, 3.63) is 59.7 Å². The summed E-state index contributed by atoms with van der Waals surface area (Å²) in [7, 11) is -3.55. The van der Waals surface area contributed by atoms with E-state index < -0.39 is 10.0 Å². The summed E-state index contributed by atoms with van der Waals surface area (Å²) in [5.41, 5.74) is 2.16. The zero-order chi connectivity index (χ0) is 19.9. The summed E-state index contributed by atoms with van der Waals surface area (Å²) in [6, 6.07) is 13.8. The molecule has 6 nitrogen and oxygen atoms in total. The molecule has 146 valence electrons. The van der Waals surface area contributed by atoms with E-state index in [0.29, 0.717) is 18.7 Å². The second kappa shape index (κ2) is 9.53. The molecule has 0 bridgehead atoms. The molecule has 0 saturated carbocycles. The van der Waals surface area contributed by atoms with Gasteiger partial charge in [-0.2, -0.15) is 0 Å². The van der Waals surface area contributed by atoms with Crippen LogP contribution in [0, 0.1) is 6.92 Å². The Kier molecular flexibility index (Phi) is 7.38. The Labute approximate surface area is 161 Å². The maximum atomic E-state index is 12.2. The largest absolute Gasteiger partial charge is 0.484 e. The summed E-state index contributed by atoms with van der Waals surface area (Å²) in [6.45, 7) is 6.01. The first-order valence-electron chi connectivity index (χ1n) is 8.87. The standard InChI is InChI=1S/C20H26N2O4S/c1-4-16(3)22-27(24,25)19-10-8-18(9-11-19)26-14-20(23)21-13-17-7-5-6-15(2)12-17/h5-12,16,22H,4,13-14H2,1-3H3,(H,21,23)/t16-/m1/s1. The maximum absolute atomic E-state index is 12.2. The number of hydrogen-bond donors (Lipinski definition) is 2. The Morgan fingerprint density at radius 3 is 2.48 bits per heavy atom. The minimum atomic E-state index is -3.55. The van der Waals surface area contributed by atoms with E-state index in [9.17, 15) is 13.2 Å². The van der Waals surface area contributed by atoms with Crippen molar-refractivity contribution in [2.45, 2.75) is 44.7 Å². The van der Waals surface area contributed by atoms with Gasteiger partial charge >= 0.3 is 0 Å². The predicted molar refractivity (Wildman–Crippen MR) is 105 cm³/mol. The predicted octanol–water partition coefficient (Wildman–Crippen LogP) is 2.77. The minimum Gasteiger partial charge on any atom is -0.484 e. The van der Waals surface area contributed by atoms with Gasteiger partial charge in [0.2, 0.25) is 10.0 Å². The van der Waals surface area contributed by atoms with Gasteiger partial charge in [0.1, 0.15) is 5.75 Å². The lowest BCUT2D eigenvalue weighted by molar-refractivity contribution is -0.123. The first kappa shape index (κ1) is 20.9. The second-order valence-corrected chi connectivity index (χ2v) is 8.17. The van der Waals surface area contributed by atoms with Crippen molar-refractivity contribution in [3.8, 4) is 5.75 Å². The molecule has 0 unspecified atom stereocenters. The summed E-state index contributed by atoms with van der Waals surface area (Å²) in [5, 5.41) is 2.79. The SMILES string of the molecule is CC[C@@H](C)NS(=O)(=O)c1ccc(OCC(=O)NCc2cccc(C)c2)cc1. The quantitative estimate of drug-likeness (QED) is 0.690. The highest BCUT2D eigenvalue weighted by Crippen LogP contribution is 2.16. The normalized spacial score (nSPS) is 12.4. The van der Waals surface area contributed by atoms with E-state index in [2.05, 4.69) is 10.0 Å². The average molecular weight is 391 g/mol. The molecule has 2 aromatic rings. The molecule has 7 heteroatoms. The van der Waals surface area contributed by atoms with Gasteiger partial charge in [-0.05, 0) is 50.1 Å². The number of ether oxygens (including phenoxy) is 1. The first-order chi connectivity index (χ1) is 12.8. The van der Waals surface area contributed by atoms with Gasteiger partial charge in [0.25, 0.3) is 5.91 Å². The molecule has 0 aliphatic heterocycles. The number of rotatable bonds is 9. The molecule has 0 aliphatic rings. The molecule has 0 radical (unpaired) electrons. The number of hydrogen-bond acceptors (Lipinski definition) is 4. The molecule has 1 amide bonds. The van der Waals surface area contributed by atoms with Crippen LogP contribution < -0.4 is 14.8 Å². The number of benzene rings is 2. The molecule has 1 atom stereocenters. The van der Waals surface area contributed by atoms with Gasteiger partial charge in [0.15, 0.2) is 6.61 Å². The Hall–Kier alpha value is -2.38. The molecular weight excluding hydrogens is 364 g/mol. The van der Waals surface area contributed by atoms with Crippen molar-refractivity contribution in [2.75, 3.05) is 6.61 Å². The summed E-state index contributed by atoms with van der Waals surface area (Å²) in [5.74, 6) is 0.190. The van der Waals surface area contributed by atoms with Crippen molar-refractivity contribution in [2.24, 2.45) is 0 Å². The fourth-order valence-electron chi connectivity index (χ4n) is 2.35. The lowest BCUT2D eigenvalue weighted by Gasteiger charge is -2.12. The molecule has 0 aliphatic carbocycles. The van der Waals surface area contributed by atoms with Crippen molar-refractivity contribution in [1.82, 2.24) is 10.0 Å². The molecule has 2 aromatic carbocycles. The van der Waals surface area contributed by atoms with E-state index in [-0.39, 0.29) is 23.5 Å². The van der Waals surface area contributed by atoms with Gasteiger partial charge in [0.05, 0.1) is 4.90 Å². The number of nitrogens with one attached hydrogen (secondary N) is 2. The summed E-state index contributed by atoms with van der Waals surface area (Å²) < 4.78 is 32.4. The first-order valence-corrected chi connectivity index (χ1v) is 10.4. The van der Waals surface area contributed by atoms with E-state index in [1.54, 1.807) is 12.1 Å². The molecule has 0 heterocycles. The zero-order valence-electron chi connectivity index (χ0n) is 15.9. The van der Waals surface area contributed by atoms with Crippen LogP contribution in [-0.4, -0.2) is 27.0 Å². The average Bonchev–Trinajstić information content (AvgIpc) is 2.64. The molecule has 0 spiro atoms. The number of amides is 1. The molecule has 2 rings (SSSR count). The van der Waals surface area contributed by atoms with E-state index in [4.69, 9.17) is 4.74 Å². The number of carbonyl (C=O) groups excluding carboxylic acids is 1. The highest BCUT2D eigenvalue weighted by atomic mass is 32.2. The number of carbonyl (C=O) groups is 1. The van der Waals surface area contributed by atoms with Crippen molar-refractivity contribution < 1.29 is 17.9 Å². The van der Waals surface area contributed by atoms with Gasteiger partial charge in [0, 0.05) is 12.6 Å². The Morgan fingerprint density at radius 2 is 1.85 bits per heavy atom. The van der Waals surface area contributed by atoms with Gasteiger partial charge in [-0.25, -0.2) is 13.1 Å². The van der Waals surface area contributed by atoms with E-state index >= 15 is 0 Å². The van der Waals surface area contributed by atoms with Gasteiger partial charge < -0.3 is 10.1 Å². The lowest BCUT2D eigenvalue weighted by atomic mass is 10.1. The highest BCUT2D eigenvalue weighted by Gasteiger charge is 2.16. The van der Waals surface area contributed by atoms with Crippen LogP contribution in [0.5, 0.6) is 5.75 Å².